The van der Waals surface area contributed by atoms with Crippen LogP contribution in [0.25, 0.3) is 0 Å². The van der Waals surface area contributed by atoms with E-state index in [9.17, 15) is 9.59 Å². The zero-order chi connectivity index (χ0) is 26.4. The van der Waals surface area contributed by atoms with Crippen molar-refractivity contribution in [3.05, 3.63) is 47.9 Å². The van der Waals surface area contributed by atoms with Gasteiger partial charge in [0.25, 0.3) is 0 Å². The van der Waals surface area contributed by atoms with Crippen molar-refractivity contribution in [3.63, 3.8) is 0 Å². The lowest BCUT2D eigenvalue weighted by Gasteiger charge is -2.37. The topological polar surface area (TPSA) is 61.4 Å². The lowest BCUT2D eigenvalue weighted by Crippen LogP contribution is -2.56. The predicted molar refractivity (Wildman–Crippen MR) is 147 cm³/mol. The number of nitrogens with zero attached hydrogens (tertiary/aromatic N) is 1. The Morgan fingerprint density at radius 2 is 1.75 bits per heavy atom. The van der Waals surface area contributed by atoms with E-state index in [0.717, 1.165) is 32.1 Å². The van der Waals surface area contributed by atoms with Gasteiger partial charge in [0.05, 0.1) is 11.9 Å². The highest BCUT2D eigenvalue weighted by Crippen LogP contribution is 2.65. The van der Waals surface area contributed by atoms with Crippen LogP contribution in [0.2, 0.25) is 0 Å². The average molecular weight is 494 g/mol. The summed E-state index contributed by atoms with van der Waals surface area (Å²) >= 11 is 0. The Hall–Kier alpha value is -2.30. The molecule has 0 bridgehead atoms. The van der Waals surface area contributed by atoms with E-state index in [0.29, 0.717) is 18.3 Å². The Balaban J connectivity index is 1.56. The van der Waals surface area contributed by atoms with Crippen molar-refractivity contribution >= 4 is 11.7 Å². The summed E-state index contributed by atoms with van der Waals surface area (Å²) in [6.45, 7) is 20.0. The molecular weight excluding hydrogens is 446 g/mol. The molecule has 1 aliphatic heterocycles. The van der Waals surface area contributed by atoms with Crippen molar-refractivity contribution in [2.75, 3.05) is 6.54 Å². The Morgan fingerprint density at radius 3 is 2.28 bits per heavy atom. The first-order chi connectivity index (χ1) is 16.9. The molecule has 0 radical (unpaired) electrons. The number of hydrogen-bond acceptors (Lipinski definition) is 4. The van der Waals surface area contributed by atoms with Gasteiger partial charge in [0.1, 0.15) is 6.04 Å². The molecule has 0 aromatic carbocycles. The van der Waals surface area contributed by atoms with Gasteiger partial charge in [0.15, 0.2) is 5.78 Å². The maximum atomic E-state index is 14.2. The molecule has 5 nitrogen and oxygen atoms in total. The zero-order valence-electron chi connectivity index (χ0n) is 23.5. The molecule has 4 rings (SSSR count). The Bertz CT molecular complexity index is 972. The third-order valence-electron chi connectivity index (χ3n) is 9.23. The first-order valence-electron chi connectivity index (χ1n) is 13.9. The number of nitrogens with one attached hydrogen (secondary N) is 2. The fraction of sp³-hybridized carbons (Fsp3) is 0.677. The maximum Gasteiger partial charge on any atom is 0.246 e. The van der Waals surface area contributed by atoms with Gasteiger partial charge in [0, 0.05) is 12.6 Å². The molecule has 1 saturated heterocycles. The van der Waals surface area contributed by atoms with E-state index in [1.165, 1.54) is 11.1 Å². The Kier molecular flexibility index (Phi) is 7.34. The number of hydrogen-bond donors (Lipinski definition) is 2. The summed E-state index contributed by atoms with van der Waals surface area (Å²) in [5, 5.41) is 7.16. The number of carbonyl (C=O) groups excluding carboxylic acids is 2. The molecule has 2 fully saturated rings. The molecule has 0 aromatic heterocycles. The van der Waals surface area contributed by atoms with Crippen molar-refractivity contribution in [2.45, 2.75) is 98.7 Å². The summed E-state index contributed by atoms with van der Waals surface area (Å²) in [4.78, 5) is 28.9. The molecule has 2 N–H and O–H groups in total. The Morgan fingerprint density at radius 1 is 1.14 bits per heavy atom. The molecule has 0 aromatic rings. The van der Waals surface area contributed by atoms with Gasteiger partial charge in [-0.3, -0.25) is 9.59 Å². The summed E-state index contributed by atoms with van der Waals surface area (Å²) in [6, 6.07) is -0.464. The molecule has 5 heteroatoms. The quantitative estimate of drug-likeness (QED) is 0.444. The van der Waals surface area contributed by atoms with Crippen LogP contribution in [0.1, 0.15) is 80.6 Å². The Labute approximate surface area is 218 Å². The van der Waals surface area contributed by atoms with Gasteiger partial charge in [-0.2, -0.15) is 0 Å². The maximum absolute atomic E-state index is 14.2. The van der Waals surface area contributed by atoms with Crippen molar-refractivity contribution < 1.29 is 9.59 Å². The SMILES string of the molecule is C=C(NC(C(=O)N1C[C@H]2[C@@H](C1C(C)=O)C2(C)C)C1CC2=C(C=CCC=C2)C1)NC(CCC)C(C)(C)C. The van der Waals surface area contributed by atoms with E-state index in [4.69, 9.17) is 0 Å². The third-order valence-corrected chi connectivity index (χ3v) is 9.23. The molecule has 198 valence electrons. The lowest BCUT2D eigenvalue weighted by atomic mass is 9.84. The second kappa shape index (κ2) is 9.87. The number of carbonyl (C=O) groups is 2. The van der Waals surface area contributed by atoms with Crippen molar-refractivity contribution in [1.29, 1.82) is 0 Å². The van der Waals surface area contributed by atoms with Gasteiger partial charge < -0.3 is 15.5 Å². The van der Waals surface area contributed by atoms with Crippen LogP contribution in [-0.2, 0) is 9.59 Å². The van der Waals surface area contributed by atoms with Crippen LogP contribution >= 0.6 is 0 Å². The average Bonchev–Trinajstić information content (AvgIpc) is 3.08. The minimum Gasteiger partial charge on any atom is -0.369 e. The molecule has 3 unspecified atom stereocenters. The number of Topliss-reactive ketones (excluding diaryl/α,β-unsaturated/α-hetero) is 1. The number of amides is 1. The number of likely N-dealkylation sites (tertiary alicyclic amines) is 1. The van der Waals surface area contributed by atoms with Gasteiger partial charge in [0.2, 0.25) is 5.91 Å². The summed E-state index contributed by atoms with van der Waals surface area (Å²) in [7, 11) is 0. The summed E-state index contributed by atoms with van der Waals surface area (Å²) in [5.74, 6) is 1.69. The van der Waals surface area contributed by atoms with Gasteiger partial charge in [-0.1, -0.05) is 78.8 Å². The second-order valence-electron chi connectivity index (χ2n) is 13.2. The first-order valence-corrected chi connectivity index (χ1v) is 13.9. The van der Waals surface area contributed by atoms with E-state index in [2.05, 4.69) is 83.1 Å². The number of piperidine rings is 1. The minimum atomic E-state index is -0.413. The lowest BCUT2D eigenvalue weighted by molar-refractivity contribution is -0.141. The minimum absolute atomic E-state index is 0.0552. The van der Waals surface area contributed by atoms with Crippen LogP contribution < -0.4 is 10.6 Å². The van der Waals surface area contributed by atoms with Gasteiger partial charge in [-0.05, 0) is 72.3 Å². The highest BCUT2D eigenvalue weighted by atomic mass is 16.2. The monoisotopic (exact) mass is 493 g/mol. The molecule has 1 saturated carbocycles. The number of ketones is 1. The van der Waals surface area contributed by atoms with Gasteiger partial charge >= 0.3 is 0 Å². The zero-order valence-corrected chi connectivity index (χ0v) is 23.5. The van der Waals surface area contributed by atoms with E-state index >= 15 is 0 Å². The molecule has 5 atom stereocenters. The van der Waals surface area contributed by atoms with Crippen LogP contribution in [0, 0.1) is 28.6 Å². The smallest absolute Gasteiger partial charge is 0.246 e. The highest BCUT2D eigenvalue weighted by Gasteiger charge is 2.69. The second-order valence-corrected chi connectivity index (χ2v) is 13.2. The first kappa shape index (κ1) is 26.8. The van der Waals surface area contributed by atoms with Crippen LogP contribution in [0.5, 0.6) is 0 Å². The van der Waals surface area contributed by atoms with E-state index in [1.54, 1.807) is 6.92 Å². The highest BCUT2D eigenvalue weighted by molar-refractivity contribution is 5.92. The number of allylic oxidation sites excluding steroid dienone is 6. The van der Waals surface area contributed by atoms with Gasteiger partial charge in [-0.15, -0.1) is 0 Å². The van der Waals surface area contributed by atoms with Crippen molar-refractivity contribution in [2.24, 2.45) is 28.6 Å². The number of rotatable bonds is 9. The molecule has 3 aliphatic carbocycles. The fourth-order valence-electron chi connectivity index (χ4n) is 6.98. The van der Waals surface area contributed by atoms with Crippen LogP contribution in [0.15, 0.2) is 47.9 Å². The largest absolute Gasteiger partial charge is 0.369 e. The number of fused-ring (bicyclic) bond motifs is 1. The van der Waals surface area contributed by atoms with E-state index in [1.807, 2.05) is 4.90 Å². The van der Waals surface area contributed by atoms with E-state index in [-0.39, 0.29) is 46.4 Å². The molecular formula is C31H47N3O2. The molecule has 1 amide bonds. The fourth-order valence-corrected chi connectivity index (χ4v) is 6.98. The molecule has 1 heterocycles. The van der Waals surface area contributed by atoms with Crippen molar-refractivity contribution in [3.8, 4) is 0 Å². The van der Waals surface area contributed by atoms with Crippen LogP contribution in [0.3, 0.4) is 0 Å². The molecule has 0 spiro atoms. The van der Waals surface area contributed by atoms with Crippen molar-refractivity contribution in [1.82, 2.24) is 15.5 Å². The third kappa shape index (κ3) is 5.08. The predicted octanol–water partition coefficient (Wildman–Crippen LogP) is 5.51. The van der Waals surface area contributed by atoms with Crippen LogP contribution in [-0.4, -0.2) is 41.3 Å². The molecule has 4 aliphatic rings. The van der Waals surface area contributed by atoms with E-state index < -0.39 is 6.04 Å². The summed E-state index contributed by atoms with van der Waals surface area (Å²) in [6.07, 6.45) is 13.7. The summed E-state index contributed by atoms with van der Waals surface area (Å²) in [5.41, 5.74) is 2.88. The summed E-state index contributed by atoms with van der Waals surface area (Å²) < 4.78 is 0. The van der Waals surface area contributed by atoms with Crippen LogP contribution in [0.4, 0.5) is 0 Å². The normalized spacial score (nSPS) is 28.3. The molecule has 36 heavy (non-hydrogen) atoms. The standard InChI is InChI=1S/C31H47N3O2/c1-9-13-25(30(4,5)6)32-20(3)33-27(23-16-21-14-11-10-12-15-22(21)17-23)29(36)34-18-24-26(31(24,7)8)28(34)19(2)35/h11-12,14-15,23-28,32-33H,3,9-10,13,16-18H2,1-2,4-8H3/t24-,25?,26-,27?,28?/m0/s1. The van der Waals surface area contributed by atoms with Gasteiger partial charge in [-0.25, -0.2) is 0 Å².